The maximum atomic E-state index is 11.8. The van der Waals surface area contributed by atoms with Crippen LogP contribution in [0.1, 0.15) is 23.7 Å². The first-order chi connectivity index (χ1) is 8.52. The molecule has 0 bridgehead atoms. The lowest BCUT2D eigenvalue weighted by Crippen LogP contribution is -2.24. The Morgan fingerprint density at radius 2 is 2.28 bits per heavy atom. The van der Waals surface area contributed by atoms with Gasteiger partial charge in [-0.2, -0.15) is 0 Å². The van der Waals surface area contributed by atoms with Crippen LogP contribution in [0.2, 0.25) is 0 Å². The first-order valence-electron chi connectivity index (χ1n) is 5.67. The van der Waals surface area contributed by atoms with E-state index in [2.05, 4.69) is 4.98 Å². The van der Waals surface area contributed by atoms with Crippen molar-refractivity contribution in [3.05, 3.63) is 33.6 Å². The Kier molecular flexibility index (Phi) is 3.60. The zero-order valence-corrected chi connectivity index (χ0v) is 9.91. The van der Waals surface area contributed by atoms with Crippen molar-refractivity contribution in [2.45, 2.75) is 31.7 Å². The first-order valence-corrected chi connectivity index (χ1v) is 5.67. The second-order valence-corrected chi connectivity index (χ2v) is 4.38. The number of hydrogen-bond donors (Lipinski definition) is 3. The number of nitrogens with zero attached hydrogens (tertiary/aromatic N) is 1. The zero-order chi connectivity index (χ0) is 13.3. The fourth-order valence-electron chi connectivity index (χ4n) is 2.01. The molecule has 18 heavy (non-hydrogen) atoms. The van der Waals surface area contributed by atoms with E-state index in [4.69, 9.17) is 9.84 Å². The van der Waals surface area contributed by atoms with Crippen molar-refractivity contribution in [2.75, 3.05) is 6.61 Å². The van der Waals surface area contributed by atoms with E-state index in [1.54, 1.807) is 6.92 Å². The largest absolute Gasteiger partial charge is 0.493 e. The van der Waals surface area contributed by atoms with Crippen LogP contribution in [0.15, 0.2) is 17.1 Å². The van der Waals surface area contributed by atoms with Gasteiger partial charge < -0.3 is 20.1 Å². The Hall–Kier alpha value is -1.50. The molecule has 6 heteroatoms. The molecule has 1 aromatic rings. The maximum absolute atomic E-state index is 11.8. The van der Waals surface area contributed by atoms with E-state index < -0.39 is 18.3 Å². The van der Waals surface area contributed by atoms with Gasteiger partial charge in [0.25, 0.3) is 0 Å². The first kappa shape index (κ1) is 12.9. The fourth-order valence-corrected chi connectivity index (χ4v) is 2.01. The van der Waals surface area contributed by atoms with Crippen LogP contribution in [0.25, 0.3) is 0 Å². The van der Waals surface area contributed by atoms with Crippen LogP contribution in [-0.4, -0.2) is 39.1 Å². The molecule has 1 aliphatic rings. The van der Waals surface area contributed by atoms with Crippen molar-refractivity contribution < 1.29 is 20.1 Å². The lowest BCUT2D eigenvalue weighted by atomic mass is 10.1. The molecule has 0 radical (unpaired) electrons. The van der Waals surface area contributed by atoms with Gasteiger partial charge in [-0.15, -0.1) is 0 Å². The highest BCUT2D eigenvalue weighted by Gasteiger charge is 2.35. The molecule has 6 nitrogen and oxygen atoms in total. The lowest BCUT2D eigenvalue weighted by molar-refractivity contribution is -0.0227. The third kappa shape index (κ3) is 2.35. The molecule has 0 aliphatic carbocycles. The van der Waals surface area contributed by atoms with Gasteiger partial charge in [0.05, 0.1) is 25.0 Å². The van der Waals surface area contributed by atoms with Gasteiger partial charge in [0, 0.05) is 17.5 Å². The summed E-state index contributed by atoms with van der Waals surface area (Å²) in [7, 11) is 0. The van der Waals surface area contributed by atoms with Crippen LogP contribution < -0.4 is 5.43 Å². The normalized spacial score (nSPS) is 27.4. The maximum Gasteiger partial charge on any atom is 0.213 e. The van der Waals surface area contributed by atoms with Crippen LogP contribution in [0, 0.1) is 6.92 Å². The Bertz CT molecular complexity index is 504. The van der Waals surface area contributed by atoms with Crippen LogP contribution in [0.5, 0.6) is 5.88 Å². The second kappa shape index (κ2) is 5.01. The number of ether oxygens (including phenoxy) is 1. The minimum Gasteiger partial charge on any atom is -0.493 e. The van der Waals surface area contributed by atoms with Gasteiger partial charge in [-0.3, -0.25) is 4.79 Å². The minimum atomic E-state index is -0.799. The molecular weight excluding hydrogens is 238 g/mol. The molecule has 1 aromatic heterocycles. The zero-order valence-electron chi connectivity index (χ0n) is 9.91. The summed E-state index contributed by atoms with van der Waals surface area (Å²) in [4.78, 5) is 15.4. The van der Waals surface area contributed by atoms with E-state index >= 15 is 0 Å². The summed E-state index contributed by atoms with van der Waals surface area (Å²) in [5, 5.41) is 28.1. The number of rotatable bonds is 2. The highest BCUT2D eigenvalue weighted by molar-refractivity contribution is 5.28. The third-order valence-corrected chi connectivity index (χ3v) is 3.06. The fraction of sp³-hybridized carbons (Fsp3) is 0.500. The lowest BCUT2D eigenvalue weighted by Gasteiger charge is -2.10. The summed E-state index contributed by atoms with van der Waals surface area (Å²) < 4.78 is 5.42. The van der Waals surface area contributed by atoms with Crippen molar-refractivity contribution in [2.24, 2.45) is 0 Å². The average Bonchev–Trinajstić information content (AvgIpc) is 2.67. The van der Waals surface area contributed by atoms with Gasteiger partial charge in [0.1, 0.15) is 6.10 Å². The quantitative estimate of drug-likeness (QED) is 0.665. The van der Waals surface area contributed by atoms with Crippen LogP contribution in [0.3, 0.4) is 0 Å². The van der Waals surface area contributed by atoms with Crippen LogP contribution in [0.4, 0.5) is 0 Å². The molecule has 3 atom stereocenters. The number of aromatic nitrogens is 1. The van der Waals surface area contributed by atoms with Gasteiger partial charge >= 0.3 is 0 Å². The van der Waals surface area contributed by atoms with Crippen molar-refractivity contribution in [1.82, 2.24) is 4.98 Å². The summed E-state index contributed by atoms with van der Waals surface area (Å²) in [5.74, 6) is -0.212. The van der Waals surface area contributed by atoms with Gasteiger partial charge in [-0.25, -0.2) is 4.98 Å². The predicted molar refractivity (Wildman–Crippen MR) is 62.2 cm³/mol. The number of aliphatic hydroxyl groups is 2. The number of aryl methyl sites for hydroxylation is 1. The van der Waals surface area contributed by atoms with Crippen LogP contribution >= 0.6 is 0 Å². The van der Waals surface area contributed by atoms with Gasteiger partial charge in [-0.05, 0) is 13.0 Å². The topological polar surface area (TPSA) is 99.9 Å². The Balaban J connectivity index is 2.39. The summed E-state index contributed by atoms with van der Waals surface area (Å²) in [5.41, 5.74) is 0.419. The van der Waals surface area contributed by atoms with E-state index in [0.29, 0.717) is 11.1 Å². The summed E-state index contributed by atoms with van der Waals surface area (Å²) >= 11 is 0. The summed E-state index contributed by atoms with van der Waals surface area (Å²) in [6, 6.07) is 1.50. The number of aliphatic hydroxyl groups excluding tert-OH is 2. The molecule has 0 saturated carbocycles. The van der Waals surface area contributed by atoms with E-state index in [-0.39, 0.29) is 24.3 Å². The molecule has 0 amide bonds. The monoisotopic (exact) mass is 253 g/mol. The SMILES string of the molecule is Cc1cc(C2CC(O)C(CO)O2)c(=O)cnc1O. The molecule has 98 valence electrons. The Labute approximate surface area is 104 Å². The Morgan fingerprint density at radius 3 is 2.89 bits per heavy atom. The van der Waals surface area contributed by atoms with Crippen molar-refractivity contribution in [1.29, 1.82) is 0 Å². The van der Waals surface area contributed by atoms with Crippen molar-refractivity contribution in [3.63, 3.8) is 0 Å². The minimum absolute atomic E-state index is 0.212. The molecule has 1 aliphatic heterocycles. The van der Waals surface area contributed by atoms with Gasteiger partial charge in [-0.1, -0.05) is 0 Å². The molecule has 2 heterocycles. The molecule has 2 rings (SSSR count). The molecule has 3 N–H and O–H groups in total. The smallest absolute Gasteiger partial charge is 0.213 e. The molecular formula is C12H15NO5. The Morgan fingerprint density at radius 1 is 1.56 bits per heavy atom. The third-order valence-electron chi connectivity index (χ3n) is 3.06. The van der Waals surface area contributed by atoms with Crippen molar-refractivity contribution in [3.8, 4) is 5.88 Å². The number of aromatic hydroxyl groups is 1. The van der Waals surface area contributed by atoms with Crippen LogP contribution in [-0.2, 0) is 4.74 Å². The number of hydrogen-bond acceptors (Lipinski definition) is 6. The highest BCUT2D eigenvalue weighted by Crippen LogP contribution is 2.31. The van der Waals surface area contributed by atoms with Gasteiger partial charge in [0.2, 0.25) is 11.3 Å². The summed E-state index contributed by atoms with van der Waals surface area (Å²) in [6.07, 6.45) is -0.796. The molecule has 0 spiro atoms. The molecule has 3 unspecified atom stereocenters. The van der Waals surface area contributed by atoms with Gasteiger partial charge in [0.15, 0.2) is 0 Å². The molecule has 1 fully saturated rings. The van der Waals surface area contributed by atoms with E-state index in [9.17, 15) is 15.0 Å². The van der Waals surface area contributed by atoms with E-state index in [1.807, 2.05) is 0 Å². The second-order valence-electron chi connectivity index (χ2n) is 4.38. The average molecular weight is 253 g/mol. The summed E-state index contributed by atoms with van der Waals surface area (Å²) in [6.45, 7) is 1.33. The predicted octanol–water partition coefficient (Wildman–Crippen LogP) is -0.361. The molecule has 0 aromatic carbocycles. The molecule has 1 saturated heterocycles. The highest BCUT2D eigenvalue weighted by atomic mass is 16.5. The standard InChI is InChI=1S/C12H15NO5/c1-6-2-7(9(16)4-13-12(6)17)10-3-8(15)11(5-14)18-10/h2,4,8,10-11,14-15,17H,3,5H2,1H3. The van der Waals surface area contributed by atoms with Crippen molar-refractivity contribution >= 4 is 0 Å². The van der Waals surface area contributed by atoms with E-state index in [0.717, 1.165) is 6.20 Å². The van der Waals surface area contributed by atoms with E-state index in [1.165, 1.54) is 6.07 Å².